The third-order valence-electron chi connectivity index (χ3n) is 13.5. The third-order valence-corrected chi connectivity index (χ3v) is 13.5. The number of hydrogen-bond acceptors (Lipinski definition) is 7. The van der Waals surface area contributed by atoms with Crippen molar-refractivity contribution in [2.24, 2.45) is 34.5 Å². The highest BCUT2D eigenvalue weighted by Gasteiger charge is 2.65. The van der Waals surface area contributed by atoms with Gasteiger partial charge in [0.05, 0.1) is 27.2 Å². The molecule has 0 bridgehead atoms. The van der Waals surface area contributed by atoms with E-state index in [0.717, 1.165) is 69.4 Å². The summed E-state index contributed by atoms with van der Waals surface area (Å²) in [6, 6.07) is 0.502. The number of hydrogen-bond donors (Lipinski definition) is 0. The second-order valence-electron chi connectivity index (χ2n) is 16.2. The summed E-state index contributed by atoms with van der Waals surface area (Å²) in [6.45, 7) is 14.1. The van der Waals surface area contributed by atoms with Gasteiger partial charge in [0, 0.05) is 70.4 Å². The van der Waals surface area contributed by atoms with Crippen LogP contribution in [0.3, 0.4) is 0 Å². The minimum Gasteiger partial charge on any atom is -0.461 e. The molecule has 8 nitrogen and oxygen atoms in total. The summed E-state index contributed by atoms with van der Waals surface area (Å²) >= 11 is 0. The summed E-state index contributed by atoms with van der Waals surface area (Å²) in [5.74, 6) is 2.42. The van der Waals surface area contributed by atoms with Crippen molar-refractivity contribution in [3.05, 3.63) is 0 Å². The summed E-state index contributed by atoms with van der Waals surface area (Å²) in [6.07, 6.45) is 8.95. The highest BCUT2D eigenvalue weighted by molar-refractivity contribution is 5.79. The predicted molar refractivity (Wildman–Crippen MR) is 160 cm³/mol. The van der Waals surface area contributed by atoms with E-state index in [4.69, 9.17) is 9.47 Å². The van der Waals surface area contributed by atoms with Crippen molar-refractivity contribution in [1.82, 2.24) is 9.80 Å². The highest BCUT2D eigenvalue weighted by atomic mass is 16.5. The first kappa shape index (κ1) is 30.5. The Morgan fingerprint density at radius 1 is 0.810 bits per heavy atom. The lowest BCUT2D eigenvalue weighted by Gasteiger charge is -2.62. The Balaban J connectivity index is 1.26. The molecule has 2 aliphatic heterocycles. The molecule has 0 aromatic carbocycles. The number of carbonyl (C=O) groups is 3. The quantitative estimate of drug-likeness (QED) is 0.365. The Morgan fingerprint density at radius 3 is 2.10 bits per heavy atom. The number of Topliss-reactive ketones (excluding diaryl/α,β-unsaturated/α-hetero) is 1. The Hall–Kier alpha value is -1.51. The molecular weight excluding hydrogens is 530 g/mol. The van der Waals surface area contributed by atoms with Gasteiger partial charge in [-0.1, -0.05) is 13.8 Å². The number of piperidine rings is 1. The first-order chi connectivity index (χ1) is 19.8. The van der Waals surface area contributed by atoms with Crippen LogP contribution in [-0.2, 0) is 23.9 Å². The fourth-order valence-corrected chi connectivity index (χ4v) is 11.1. The van der Waals surface area contributed by atoms with E-state index in [9.17, 15) is 14.4 Å². The van der Waals surface area contributed by atoms with Gasteiger partial charge in [0.1, 0.15) is 18.0 Å². The molecule has 4 saturated carbocycles. The maximum atomic E-state index is 12.5. The van der Waals surface area contributed by atoms with E-state index in [1.165, 1.54) is 19.3 Å². The van der Waals surface area contributed by atoms with Crippen molar-refractivity contribution < 1.29 is 28.3 Å². The van der Waals surface area contributed by atoms with Crippen LogP contribution in [0.25, 0.3) is 0 Å². The van der Waals surface area contributed by atoms with Gasteiger partial charge in [0.2, 0.25) is 0 Å². The van der Waals surface area contributed by atoms with Gasteiger partial charge in [-0.3, -0.25) is 24.2 Å². The number of esters is 2. The third kappa shape index (κ3) is 5.36. The minimum atomic E-state index is -0.183. The number of quaternary nitrogens is 1. The number of likely N-dealkylation sites (tertiary alicyclic amines) is 1. The molecule has 2 saturated heterocycles. The van der Waals surface area contributed by atoms with E-state index in [2.05, 4.69) is 37.7 Å². The smallest absolute Gasteiger partial charge is 0.302 e. The molecule has 6 rings (SSSR count). The Labute approximate surface area is 253 Å². The molecule has 0 spiro atoms. The second kappa shape index (κ2) is 11.1. The molecule has 0 aromatic heterocycles. The fourth-order valence-electron chi connectivity index (χ4n) is 11.1. The van der Waals surface area contributed by atoms with Crippen LogP contribution in [0.15, 0.2) is 0 Å². The number of nitrogens with zero attached hydrogens (tertiary/aromatic N) is 3. The Bertz CT molecular complexity index is 1060. The summed E-state index contributed by atoms with van der Waals surface area (Å²) < 4.78 is 13.4. The lowest BCUT2D eigenvalue weighted by Crippen LogP contribution is -2.61. The summed E-state index contributed by atoms with van der Waals surface area (Å²) in [7, 11) is 4.65. The maximum absolute atomic E-state index is 12.5. The van der Waals surface area contributed by atoms with Crippen molar-refractivity contribution in [3.8, 4) is 0 Å². The van der Waals surface area contributed by atoms with Crippen LogP contribution in [0.4, 0.5) is 0 Å². The van der Waals surface area contributed by atoms with E-state index in [1.807, 2.05) is 0 Å². The van der Waals surface area contributed by atoms with Crippen molar-refractivity contribution >= 4 is 17.7 Å². The molecule has 0 aromatic rings. The van der Waals surface area contributed by atoms with Gasteiger partial charge >= 0.3 is 11.9 Å². The molecule has 6 fully saturated rings. The monoisotopic (exact) mass is 586 g/mol. The minimum absolute atomic E-state index is 0.0180. The predicted octanol–water partition coefficient (Wildman–Crippen LogP) is 3.91. The van der Waals surface area contributed by atoms with Gasteiger partial charge in [-0.05, 0) is 74.0 Å². The van der Waals surface area contributed by atoms with Gasteiger partial charge in [-0.2, -0.15) is 0 Å². The molecule has 236 valence electrons. The average molecular weight is 587 g/mol. The van der Waals surface area contributed by atoms with Crippen LogP contribution >= 0.6 is 0 Å². The molecule has 4 aliphatic carbocycles. The van der Waals surface area contributed by atoms with Gasteiger partial charge in [0.15, 0.2) is 0 Å². The number of rotatable bonds is 4. The average Bonchev–Trinajstić information content (AvgIpc) is 3.20. The van der Waals surface area contributed by atoms with Crippen LogP contribution in [-0.4, -0.2) is 110 Å². The normalized spacial score (nSPS) is 45.8. The molecule has 8 heteroatoms. The van der Waals surface area contributed by atoms with Crippen molar-refractivity contribution in [2.75, 3.05) is 53.4 Å². The molecule has 0 N–H and O–H groups in total. The molecule has 0 radical (unpaired) electrons. The molecule has 6 aliphatic rings. The van der Waals surface area contributed by atoms with Crippen LogP contribution in [0, 0.1) is 34.5 Å². The van der Waals surface area contributed by atoms with E-state index >= 15 is 0 Å². The molecule has 10 atom stereocenters. The second-order valence-corrected chi connectivity index (χ2v) is 16.2. The van der Waals surface area contributed by atoms with Crippen molar-refractivity contribution in [1.29, 1.82) is 0 Å². The summed E-state index contributed by atoms with van der Waals surface area (Å²) in [5.41, 5.74) is 0.207. The largest absolute Gasteiger partial charge is 0.461 e. The topological polar surface area (TPSA) is 76.2 Å². The zero-order valence-corrected chi connectivity index (χ0v) is 27.1. The standard InChI is InChI=1S/C34H56N3O5/c1-22(38)41-31-19-24-7-8-26-27(34(24,4)21-30(31)35-13-10-25(40)11-14-35)9-12-33(3)28(26)20-29(32(33)42-23(2)39)36-15-17-37(5,6)18-16-36/h24,26-32H,7-21H2,1-6H3/q+1/t24?,26-,27-,28+,29?,30?,31?,32?,33+,34+/m1/s1. The SMILES string of the molecule is CC(=O)OC1CC2CC[C@@H]3[C@@H](CC[C@]4(C)C(OC(C)=O)C(N5CC[N+](C)(C)CC5)C[C@@H]34)[C@@]2(C)CC1N1CCC(=O)CC1. The summed E-state index contributed by atoms with van der Waals surface area (Å²) in [4.78, 5) is 41.9. The van der Waals surface area contributed by atoms with Crippen LogP contribution < -0.4 is 0 Å². The lowest BCUT2D eigenvalue weighted by molar-refractivity contribution is -0.894. The van der Waals surface area contributed by atoms with Gasteiger partial charge in [0.25, 0.3) is 0 Å². The Kier molecular flexibility index (Phi) is 8.09. The molecule has 2 heterocycles. The fraction of sp³-hybridized carbons (Fsp3) is 0.912. The van der Waals surface area contributed by atoms with E-state index in [-0.39, 0.29) is 41.0 Å². The molecular formula is C34H56N3O5+. The van der Waals surface area contributed by atoms with E-state index in [1.54, 1.807) is 13.8 Å². The van der Waals surface area contributed by atoms with Gasteiger partial charge in [-0.25, -0.2) is 0 Å². The van der Waals surface area contributed by atoms with Crippen LogP contribution in [0.5, 0.6) is 0 Å². The number of likely N-dealkylation sites (N-methyl/N-ethyl adjacent to an activating group) is 1. The van der Waals surface area contributed by atoms with Crippen LogP contribution in [0.1, 0.15) is 85.5 Å². The van der Waals surface area contributed by atoms with Crippen molar-refractivity contribution in [2.45, 2.75) is 110 Å². The van der Waals surface area contributed by atoms with Gasteiger partial charge in [-0.15, -0.1) is 0 Å². The van der Waals surface area contributed by atoms with Crippen molar-refractivity contribution in [3.63, 3.8) is 0 Å². The molecule has 0 amide bonds. The summed E-state index contributed by atoms with van der Waals surface area (Å²) in [5, 5.41) is 0. The zero-order valence-electron chi connectivity index (χ0n) is 27.1. The molecule has 5 unspecified atom stereocenters. The highest BCUT2D eigenvalue weighted by Crippen LogP contribution is 2.67. The van der Waals surface area contributed by atoms with Crippen LogP contribution in [0.2, 0.25) is 0 Å². The number of ketones is 1. The lowest BCUT2D eigenvalue weighted by atomic mass is 9.44. The number of carbonyl (C=O) groups excluding carboxylic acids is 3. The van der Waals surface area contributed by atoms with Gasteiger partial charge < -0.3 is 14.0 Å². The first-order valence-electron chi connectivity index (χ1n) is 17.0. The molecule has 42 heavy (non-hydrogen) atoms. The van der Waals surface area contributed by atoms with E-state index < -0.39 is 0 Å². The van der Waals surface area contributed by atoms with E-state index in [0.29, 0.717) is 48.3 Å². The maximum Gasteiger partial charge on any atom is 0.302 e. The number of ether oxygens (including phenoxy) is 2. The zero-order chi connectivity index (χ0) is 30.0. The first-order valence-corrected chi connectivity index (χ1v) is 17.0. The number of piperazine rings is 1. The Morgan fingerprint density at radius 2 is 1.45 bits per heavy atom. The number of fused-ring (bicyclic) bond motifs is 5.